The second-order valence-electron chi connectivity index (χ2n) is 3.75. The smallest absolute Gasteiger partial charge is 0.238 e. The third-order valence-corrected chi connectivity index (χ3v) is 2.48. The number of nitrogens with zero attached hydrogens (tertiary/aromatic N) is 2. The largest absolute Gasteiger partial charge is 0.348 e. The second-order valence-corrected chi connectivity index (χ2v) is 4.40. The Hall–Kier alpha value is -1.10. The van der Waals surface area contributed by atoms with E-state index in [0.29, 0.717) is 18.3 Å². The normalized spacial score (nSPS) is 17.5. The predicted molar refractivity (Wildman–Crippen MR) is 55.5 cm³/mol. The van der Waals surface area contributed by atoms with Gasteiger partial charge in [-0.15, -0.1) is 11.6 Å². The van der Waals surface area contributed by atoms with Crippen molar-refractivity contribution in [2.24, 2.45) is 0 Å². The van der Waals surface area contributed by atoms with E-state index in [1.807, 2.05) is 0 Å². The second kappa shape index (κ2) is 4.18. The van der Waals surface area contributed by atoms with Gasteiger partial charge in [-0.3, -0.25) is 9.89 Å². The first kappa shape index (κ1) is 10.4. The van der Waals surface area contributed by atoms with E-state index in [0.717, 1.165) is 5.82 Å². The van der Waals surface area contributed by atoms with Gasteiger partial charge in [-0.1, -0.05) is 0 Å². The zero-order valence-corrected chi connectivity index (χ0v) is 9.21. The lowest BCUT2D eigenvalue weighted by atomic mass is 10.4. The van der Waals surface area contributed by atoms with Gasteiger partial charge in [-0.2, -0.15) is 5.10 Å². The molecule has 1 atom stereocenters. The number of aromatic nitrogens is 3. The molecule has 1 aromatic heterocycles. The first-order valence-corrected chi connectivity index (χ1v) is 5.43. The molecule has 1 fully saturated rings. The maximum Gasteiger partial charge on any atom is 0.238 e. The minimum atomic E-state index is -0.518. The third-order valence-electron chi connectivity index (χ3n) is 2.28. The van der Waals surface area contributed by atoms with Crippen LogP contribution in [0.5, 0.6) is 0 Å². The van der Waals surface area contributed by atoms with Crippen LogP contribution in [-0.4, -0.2) is 26.5 Å². The van der Waals surface area contributed by atoms with Crippen LogP contribution in [0, 0.1) is 0 Å². The molecular weight excluding hydrogens is 216 g/mol. The van der Waals surface area contributed by atoms with E-state index in [2.05, 4.69) is 20.5 Å². The molecular formula is C9H13ClN4O. The molecule has 15 heavy (non-hydrogen) atoms. The van der Waals surface area contributed by atoms with E-state index in [9.17, 15) is 4.79 Å². The highest BCUT2D eigenvalue weighted by atomic mass is 35.5. The SMILES string of the molecule is CC(Cl)C(=O)NCc1nc(C2CC2)n[nH]1. The van der Waals surface area contributed by atoms with Gasteiger partial charge in [0.05, 0.1) is 6.54 Å². The monoisotopic (exact) mass is 228 g/mol. The van der Waals surface area contributed by atoms with Gasteiger partial charge in [0, 0.05) is 5.92 Å². The van der Waals surface area contributed by atoms with Gasteiger partial charge >= 0.3 is 0 Å². The Morgan fingerprint density at radius 3 is 3.07 bits per heavy atom. The Kier molecular flexibility index (Phi) is 2.90. The molecule has 0 radical (unpaired) electrons. The van der Waals surface area contributed by atoms with Crippen LogP contribution in [0.15, 0.2) is 0 Å². The average molecular weight is 229 g/mol. The molecule has 0 aromatic carbocycles. The fraction of sp³-hybridized carbons (Fsp3) is 0.667. The van der Waals surface area contributed by atoms with Crippen LogP contribution in [-0.2, 0) is 11.3 Å². The van der Waals surface area contributed by atoms with Crippen molar-refractivity contribution in [2.75, 3.05) is 0 Å². The lowest BCUT2D eigenvalue weighted by Gasteiger charge is -2.03. The zero-order valence-electron chi connectivity index (χ0n) is 8.46. The van der Waals surface area contributed by atoms with Crippen molar-refractivity contribution in [1.29, 1.82) is 0 Å². The standard InChI is InChI=1S/C9H13ClN4O/c1-5(10)9(15)11-4-7-12-8(14-13-7)6-2-3-6/h5-6H,2-4H2,1H3,(H,11,15)(H,12,13,14). The maximum absolute atomic E-state index is 11.2. The van der Waals surface area contributed by atoms with Crippen molar-refractivity contribution in [3.63, 3.8) is 0 Å². The minimum Gasteiger partial charge on any atom is -0.348 e. The molecule has 1 heterocycles. The highest BCUT2D eigenvalue weighted by molar-refractivity contribution is 6.30. The summed E-state index contributed by atoms with van der Waals surface area (Å²) in [4.78, 5) is 15.4. The molecule has 1 unspecified atom stereocenters. The van der Waals surface area contributed by atoms with E-state index < -0.39 is 5.38 Å². The molecule has 2 N–H and O–H groups in total. The van der Waals surface area contributed by atoms with E-state index in [-0.39, 0.29) is 5.91 Å². The van der Waals surface area contributed by atoms with Crippen molar-refractivity contribution in [3.05, 3.63) is 11.6 Å². The average Bonchev–Trinajstić information content (AvgIpc) is 2.95. The number of aromatic amines is 1. The highest BCUT2D eigenvalue weighted by Gasteiger charge is 2.27. The third kappa shape index (κ3) is 2.68. The van der Waals surface area contributed by atoms with Crippen LogP contribution >= 0.6 is 11.6 Å². The molecule has 1 amide bonds. The number of hydrogen-bond acceptors (Lipinski definition) is 3. The molecule has 1 aliphatic rings. The molecule has 1 aromatic rings. The molecule has 82 valence electrons. The molecule has 1 aliphatic carbocycles. The van der Waals surface area contributed by atoms with Crippen LogP contribution in [0.2, 0.25) is 0 Å². The number of carbonyl (C=O) groups is 1. The Balaban J connectivity index is 1.85. The summed E-state index contributed by atoms with van der Waals surface area (Å²) in [6.07, 6.45) is 2.34. The number of hydrogen-bond donors (Lipinski definition) is 2. The molecule has 1 saturated carbocycles. The molecule has 2 rings (SSSR count). The van der Waals surface area contributed by atoms with Gasteiger partial charge in [0.25, 0.3) is 0 Å². The fourth-order valence-electron chi connectivity index (χ4n) is 1.22. The number of alkyl halides is 1. The van der Waals surface area contributed by atoms with Crippen molar-refractivity contribution in [1.82, 2.24) is 20.5 Å². The molecule has 0 bridgehead atoms. The van der Waals surface area contributed by atoms with Crippen LogP contribution < -0.4 is 5.32 Å². The number of nitrogens with one attached hydrogen (secondary N) is 2. The topological polar surface area (TPSA) is 70.7 Å². The quantitative estimate of drug-likeness (QED) is 0.753. The highest BCUT2D eigenvalue weighted by Crippen LogP contribution is 2.37. The molecule has 0 saturated heterocycles. The van der Waals surface area contributed by atoms with Crippen LogP contribution in [0.3, 0.4) is 0 Å². The first-order valence-electron chi connectivity index (χ1n) is 5.00. The van der Waals surface area contributed by atoms with Crippen molar-refractivity contribution >= 4 is 17.5 Å². The summed E-state index contributed by atoms with van der Waals surface area (Å²) in [5.74, 6) is 1.87. The summed E-state index contributed by atoms with van der Waals surface area (Å²) in [7, 11) is 0. The van der Waals surface area contributed by atoms with Gasteiger partial charge in [0.15, 0.2) is 5.82 Å². The fourth-order valence-corrected chi connectivity index (χ4v) is 1.30. The Bertz CT molecular complexity index is 359. The van der Waals surface area contributed by atoms with Crippen LogP contribution in [0.1, 0.15) is 37.3 Å². The predicted octanol–water partition coefficient (Wildman–Crippen LogP) is 0.926. The first-order chi connectivity index (χ1) is 7.16. The number of amides is 1. The minimum absolute atomic E-state index is 0.193. The van der Waals surface area contributed by atoms with Gasteiger partial charge < -0.3 is 5.32 Å². The van der Waals surface area contributed by atoms with E-state index in [1.165, 1.54) is 12.8 Å². The van der Waals surface area contributed by atoms with Crippen LogP contribution in [0.25, 0.3) is 0 Å². The maximum atomic E-state index is 11.2. The Morgan fingerprint density at radius 2 is 2.47 bits per heavy atom. The van der Waals surface area contributed by atoms with Crippen molar-refractivity contribution in [3.8, 4) is 0 Å². The summed E-state index contributed by atoms with van der Waals surface area (Å²) < 4.78 is 0. The van der Waals surface area contributed by atoms with Gasteiger partial charge in [-0.05, 0) is 19.8 Å². The van der Waals surface area contributed by atoms with E-state index in [1.54, 1.807) is 6.92 Å². The van der Waals surface area contributed by atoms with Crippen LogP contribution in [0.4, 0.5) is 0 Å². The van der Waals surface area contributed by atoms with Gasteiger partial charge in [-0.25, -0.2) is 4.98 Å². The molecule has 0 aliphatic heterocycles. The van der Waals surface area contributed by atoms with Gasteiger partial charge in [0.2, 0.25) is 5.91 Å². The van der Waals surface area contributed by atoms with Crippen molar-refractivity contribution < 1.29 is 4.79 Å². The number of H-pyrrole nitrogens is 1. The summed E-state index contributed by atoms with van der Waals surface area (Å²) in [5.41, 5.74) is 0. The van der Waals surface area contributed by atoms with E-state index in [4.69, 9.17) is 11.6 Å². The number of halogens is 1. The van der Waals surface area contributed by atoms with Crippen molar-refractivity contribution in [2.45, 2.75) is 37.6 Å². The summed E-state index contributed by atoms with van der Waals surface area (Å²) in [5, 5.41) is 9.03. The number of carbonyl (C=O) groups excluding carboxylic acids is 1. The van der Waals surface area contributed by atoms with Gasteiger partial charge in [0.1, 0.15) is 11.2 Å². The Morgan fingerprint density at radius 1 is 1.73 bits per heavy atom. The molecule has 0 spiro atoms. The zero-order chi connectivity index (χ0) is 10.8. The van der Waals surface area contributed by atoms with E-state index >= 15 is 0 Å². The molecule has 6 heteroatoms. The number of rotatable bonds is 4. The summed E-state index contributed by atoms with van der Waals surface area (Å²) in [6, 6.07) is 0. The lowest BCUT2D eigenvalue weighted by Crippen LogP contribution is -2.29. The molecule has 5 nitrogen and oxygen atoms in total. The summed E-state index contributed by atoms with van der Waals surface area (Å²) in [6.45, 7) is 1.99. The Labute approximate surface area is 92.6 Å². The lowest BCUT2D eigenvalue weighted by molar-refractivity contribution is -0.120. The summed E-state index contributed by atoms with van der Waals surface area (Å²) >= 11 is 5.60.